The highest BCUT2D eigenvalue weighted by Gasteiger charge is 2.36. The molecule has 0 aliphatic rings. The van der Waals surface area contributed by atoms with E-state index in [9.17, 15) is 0 Å². The summed E-state index contributed by atoms with van der Waals surface area (Å²) in [5.41, 5.74) is 1.47. The van der Waals surface area contributed by atoms with Gasteiger partial charge in [-0.05, 0) is 42.3 Å². The summed E-state index contributed by atoms with van der Waals surface area (Å²) in [4.78, 5) is 0. The molecule has 0 aliphatic heterocycles. The predicted octanol–water partition coefficient (Wildman–Crippen LogP) is 5.17. The summed E-state index contributed by atoms with van der Waals surface area (Å²) in [5.74, 6) is 0. The molecule has 0 aromatic heterocycles. The molecule has 0 amide bonds. The summed E-state index contributed by atoms with van der Waals surface area (Å²) >= 11 is 2.43. The third-order valence-electron chi connectivity index (χ3n) is 3.39. The average molecular weight is 354 g/mol. The summed E-state index contributed by atoms with van der Waals surface area (Å²) in [6.07, 6.45) is 4.75. The smallest absolute Gasteiger partial charge is 0.192 e. The molecule has 0 bridgehead atoms. The molecule has 0 aliphatic carbocycles. The van der Waals surface area contributed by atoms with Gasteiger partial charge in [0.05, 0.1) is 6.61 Å². The standard InChI is InChI=1S/C13H27IOSi/c1-12(8-7-10-14)9-11-15-16(5,6)13(2,3)4/h9H,7-8,10-11H2,1-6H3/b12-9+. The maximum Gasteiger partial charge on any atom is 0.192 e. The number of hydrogen-bond acceptors (Lipinski definition) is 1. The molecule has 0 unspecified atom stereocenters. The SMILES string of the molecule is C/C(=C\CO[Si](C)(C)C(C)(C)C)CCCI. The van der Waals surface area contributed by atoms with E-state index in [2.05, 4.69) is 69.5 Å². The first-order valence-electron chi connectivity index (χ1n) is 6.06. The highest BCUT2D eigenvalue weighted by Crippen LogP contribution is 2.36. The van der Waals surface area contributed by atoms with Crippen LogP contribution in [0.15, 0.2) is 11.6 Å². The van der Waals surface area contributed by atoms with Gasteiger partial charge in [-0.25, -0.2) is 0 Å². The zero-order chi connectivity index (χ0) is 12.8. The Morgan fingerprint density at radius 2 is 1.88 bits per heavy atom. The fourth-order valence-corrected chi connectivity index (χ4v) is 2.37. The van der Waals surface area contributed by atoms with Gasteiger partial charge >= 0.3 is 0 Å². The lowest BCUT2D eigenvalue weighted by Gasteiger charge is -2.35. The van der Waals surface area contributed by atoms with Crippen LogP contribution >= 0.6 is 22.6 Å². The van der Waals surface area contributed by atoms with Crippen LogP contribution in [0.1, 0.15) is 40.5 Å². The van der Waals surface area contributed by atoms with Gasteiger partial charge in [-0.2, -0.15) is 0 Å². The fourth-order valence-electron chi connectivity index (χ4n) is 1.06. The van der Waals surface area contributed by atoms with Crippen LogP contribution in [0.4, 0.5) is 0 Å². The van der Waals surface area contributed by atoms with Crippen molar-refractivity contribution in [1.29, 1.82) is 0 Å². The molecular formula is C13H27IOSi. The molecule has 0 spiro atoms. The third-order valence-corrected chi connectivity index (χ3v) is 8.65. The molecule has 0 saturated carbocycles. The minimum Gasteiger partial charge on any atom is -0.413 e. The van der Waals surface area contributed by atoms with Crippen LogP contribution in [0.25, 0.3) is 0 Å². The van der Waals surface area contributed by atoms with Gasteiger partial charge in [0, 0.05) is 0 Å². The fraction of sp³-hybridized carbons (Fsp3) is 0.846. The lowest BCUT2D eigenvalue weighted by Crippen LogP contribution is -2.40. The largest absolute Gasteiger partial charge is 0.413 e. The maximum atomic E-state index is 6.11. The highest BCUT2D eigenvalue weighted by atomic mass is 127. The second kappa shape index (κ2) is 7.16. The summed E-state index contributed by atoms with van der Waals surface area (Å²) in [7, 11) is -1.55. The minimum absolute atomic E-state index is 0.316. The molecule has 16 heavy (non-hydrogen) atoms. The Kier molecular flexibility index (Phi) is 7.45. The molecule has 0 saturated heterocycles. The van der Waals surface area contributed by atoms with E-state index >= 15 is 0 Å². The van der Waals surface area contributed by atoms with Gasteiger partial charge in [-0.15, -0.1) is 0 Å². The van der Waals surface area contributed by atoms with Crippen LogP contribution < -0.4 is 0 Å². The lowest BCUT2D eigenvalue weighted by molar-refractivity contribution is 0.327. The number of halogens is 1. The molecule has 0 atom stereocenters. The molecule has 96 valence electrons. The van der Waals surface area contributed by atoms with Gasteiger partial charge in [-0.3, -0.25) is 0 Å². The van der Waals surface area contributed by atoms with Gasteiger partial charge < -0.3 is 4.43 Å². The molecule has 0 aromatic carbocycles. The van der Waals surface area contributed by atoms with Crippen LogP contribution in [0.2, 0.25) is 18.1 Å². The molecule has 3 heteroatoms. The lowest BCUT2D eigenvalue weighted by atomic mass is 10.2. The van der Waals surface area contributed by atoms with Crippen LogP contribution in [0.5, 0.6) is 0 Å². The Labute approximate surface area is 116 Å². The number of rotatable bonds is 6. The van der Waals surface area contributed by atoms with Crippen LogP contribution in [-0.4, -0.2) is 19.4 Å². The van der Waals surface area contributed by atoms with E-state index in [0.29, 0.717) is 5.04 Å². The minimum atomic E-state index is -1.55. The van der Waals surface area contributed by atoms with Crippen molar-refractivity contribution in [1.82, 2.24) is 0 Å². The number of hydrogen-bond donors (Lipinski definition) is 0. The van der Waals surface area contributed by atoms with Gasteiger partial charge in [-0.1, -0.05) is 55.0 Å². The van der Waals surface area contributed by atoms with Gasteiger partial charge in [0.1, 0.15) is 0 Å². The second-order valence-electron chi connectivity index (χ2n) is 5.91. The first-order chi connectivity index (χ1) is 7.20. The molecule has 0 aromatic rings. The van der Waals surface area contributed by atoms with E-state index in [1.165, 1.54) is 22.8 Å². The van der Waals surface area contributed by atoms with Crippen molar-refractivity contribution in [3.8, 4) is 0 Å². The van der Waals surface area contributed by atoms with Gasteiger partial charge in [0.15, 0.2) is 8.32 Å². The van der Waals surface area contributed by atoms with Crippen molar-refractivity contribution in [3.63, 3.8) is 0 Å². The molecule has 0 heterocycles. The zero-order valence-electron chi connectivity index (χ0n) is 11.7. The van der Waals surface area contributed by atoms with Crippen molar-refractivity contribution >= 4 is 30.9 Å². The summed E-state index contributed by atoms with van der Waals surface area (Å²) in [6, 6.07) is 0. The van der Waals surface area contributed by atoms with E-state index in [-0.39, 0.29) is 0 Å². The Hall–Kier alpha value is 0.647. The summed E-state index contributed by atoms with van der Waals surface area (Å²) in [5, 5.41) is 0.316. The first kappa shape index (κ1) is 16.6. The molecular weight excluding hydrogens is 327 g/mol. The maximum absolute atomic E-state index is 6.11. The number of alkyl halides is 1. The molecule has 1 nitrogen and oxygen atoms in total. The first-order valence-corrected chi connectivity index (χ1v) is 10.5. The predicted molar refractivity (Wildman–Crippen MR) is 85.0 cm³/mol. The quantitative estimate of drug-likeness (QED) is 0.277. The molecule has 0 fully saturated rings. The topological polar surface area (TPSA) is 9.23 Å². The van der Waals surface area contributed by atoms with Crippen molar-refractivity contribution in [2.24, 2.45) is 0 Å². The van der Waals surface area contributed by atoms with E-state index in [0.717, 1.165) is 6.61 Å². The van der Waals surface area contributed by atoms with Crippen molar-refractivity contribution in [2.75, 3.05) is 11.0 Å². The second-order valence-corrected chi connectivity index (χ2v) is 11.8. The van der Waals surface area contributed by atoms with Gasteiger partial charge in [0.2, 0.25) is 0 Å². The zero-order valence-corrected chi connectivity index (χ0v) is 14.8. The van der Waals surface area contributed by atoms with Crippen molar-refractivity contribution < 1.29 is 4.43 Å². The molecule has 0 radical (unpaired) electrons. The summed E-state index contributed by atoms with van der Waals surface area (Å²) < 4.78 is 7.35. The van der Waals surface area contributed by atoms with Crippen LogP contribution in [-0.2, 0) is 4.43 Å². The monoisotopic (exact) mass is 354 g/mol. The highest BCUT2D eigenvalue weighted by molar-refractivity contribution is 14.1. The molecule has 0 rings (SSSR count). The van der Waals surface area contributed by atoms with E-state index in [1.54, 1.807) is 0 Å². The Morgan fingerprint density at radius 3 is 2.31 bits per heavy atom. The summed E-state index contributed by atoms with van der Waals surface area (Å²) in [6.45, 7) is 14.5. The normalized spacial score (nSPS) is 14.3. The molecule has 0 N–H and O–H groups in total. The van der Waals surface area contributed by atoms with E-state index in [4.69, 9.17) is 4.43 Å². The average Bonchev–Trinajstić information content (AvgIpc) is 2.12. The van der Waals surface area contributed by atoms with Crippen molar-refractivity contribution in [2.45, 2.75) is 58.7 Å². The van der Waals surface area contributed by atoms with Gasteiger partial charge in [0.25, 0.3) is 0 Å². The van der Waals surface area contributed by atoms with Crippen LogP contribution in [0, 0.1) is 0 Å². The van der Waals surface area contributed by atoms with E-state index < -0.39 is 8.32 Å². The number of allylic oxidation sites excluding steroid dienone is 1. The Bertz CT molecular complexity index is 229. The van der Waals surface area contributed by atoms with Crippen molar-refractivity contribution in [3.05, 3.63) is 11.6 Å². The Morgan fingerprint density at radius 1 is 1.31 bits per heavy atom. The van der Waals surface area contributed by atoms with E-state index in [1.807, 2.05) is 0 Å². The Balaban J connectivity index is 4.06. The van der Waals surface area contributed by atoms with Crippen LogP contribution in [0.3, 0.4) is 0 Å². The third kappa shape index (κ3) is 6.40.